The standard InChI is InChI=1S/C17H19F2NO5/c1-20(16(21)14-7-5-12(24-14)10-22-2)9-11-4-6-13(23-3)15(8-11)25-17(18)19/h4-8,17H,9-10H2,1-3H3. The molecule has 0 aliphatic rings. The third-order valence-corrected chi connectivity index (χ3v) is 3.37. The van der Waals surface area contributed by atoms with Gasteiger partial charge < -0.3 is 23.5 Å². The summed E-state index contributed by atoms with van der Waals surface area (Å²) in [6.07, 6.45) is 0. The van der Waals surface area contributed by atoms with Crippen molar-refractivity contribution < 1.29 is 32.2 Å². The molecule has 1 amide bonds. The van der Waals surface area contributed by atoms with Gasteiger partial charge in [-0.2, -0.15) is 8.78 Å². The molecular formula is C17H19F2NO5. The van der Waals surface area contributed by atoms with Gasteiger partial charge in [-0.25, -0.2) is 0 Å². The van der Waals surface area contributed by atoms with E-state index < -0.39 is 6.61 Å². The molecule has 0 aliphatic carbocycles. The second-order valence-electron chi connectivity index (χ2n) is 5.22. The molecule has 0 spiro atoms. The minimum absolute atomic E-state index is 0.0868. The number of ether oxygens (including phenoxy) is 3. The molecule has 0 fully saturated rings. The first-order chi connectivity index (χ1) is 11.9. The molecule has 0 N–H and O–H groups in total. The van der Waals surface area contributed by atoms with Crippen molar-refractivity contribution in [1.82, 2.24) is 4.90 Å². The van der Waals surface area contributed by atoms with E-state index in [-0.39, 0.29) is 36.3 Å². The lowest BCUT2D eigenvalue weighted by Gasteiger charge is -2.17. The van der Waals surface area contributed by atoms with Crippen molar-refractivity contribution in [2.75, 3.05) is 21.3 Å². The number of nitrogens with zero attached hydrogens (tertiary/aromatic N) is 1. The summed E-state index contributed by atoms with van der Waals surface area (Å²) in [5.74, 6) is 0.474. The van der Waals surface area contributed by atoms with E-state index in [1.807, 2.05) is 0 Å². The van der Waals surface area contributed by atoms with Crippen molar-refractivity contribution in [1.29, 1.82) is 0 Å². The van der Waals surface area contributed by atoms with Crippen molar-refractivity contribution in [2.45, 2.75) is 19.8 Å². The smallest absolute Gasteiger partial charge is 0.387 e. The van der Waals surface area contributed by atoms with Crippen LogP contribution < -0.4 is 9.47 Å². The van der Waals surface area contributed by atoms with Crippen LogP contribution >= 0.6 is 0 Å². The van der Waals surface area contributed by atoms with E-state index in [1.165, 1.54) is 31.3 Å². The third-order valence-electron chi connectivity index (χ3n) is 3.37. The fourth-order valence-corrected chi connectivity index (χ4v) is 2.25. The number of amides is 1. The van der Waals surface area contributed by atoms with Gasteiger partial charge in [0.1, 0.15) is 12.4 Å². The maximum absolute atomic E-state index is 12.5. The predicted molar refractivity (Wildman–Crippen MR) is 84.8 cm³/mol. The van der Waals surface area contributed by atoms with Crippen LogP contribution in [0.25, 0.3) is 0 Å². The molecule has 136 valence electrons. The third kappa shape index (κ3) is 4.93. The van der Waals surface area contributed by atoms with E-state index in [1.54, 1.807) is 25.2 Å². The second-order valence-corrected chi connectivity index (χ2v) is 5.22. The number of benzene rings is 1. The summed E-state index contributed by atoms with van der Waals surface area (Å²) in [4.78, 5) is 13.8. The first kappa shape index (κ1) is 18.7. The number of carbonyl (C=O) groups is 1. The van der Waals surface area contributed by atoms with Gasteiger partial charge in [-0.1, -0.05) is 6.07 Å². The Kier molecular flexibility index (Phi) is 6.35. The van der Waals surface area contributed by atoms with Gasteiger partial charge in [0.15, 0.2) is 17.3 Å². The average Bonchev–Trinajstić information content (AvgIpc) is 3.03. The van der Waals surface area contributed by atoms with E-state index in [0.717, 1.165) is 0 Å². The van der Waals surface area contributed by atoms with Crippen LogP contribution in [-0.4, -0.2) is 38.7 Å². The summed E-state index contributed by atoms with van der Waals surface area (Å²) in [5.41, 5.74) is 0.607. The first-order valence-corrected chi connectivity index (χ1v) is 7.39. The summed E-state index contributed by atoms with van der Waals surface area (Å²) >= 11 is 0. The van der Waals surface area contributed by atoms with Gasteiger partial charge in [-0.3, -0.25) is 4.79 Å². The largest absolute Gasteiger partial charge is 0.493 e. The van der Waals surface area contributed by atoms with Crippen molar-refractivity contribution >= 4 is 5.91 Å². The number of hydrogen-bond acceptors (Lipinski definition) is 5. The molecule has 1 aromatic heterocycles. The molecule has 2 aromatic rings. The van der Waals surface area contributed by atoms with E-state index in [4.69, 9.17) is 13.9 Å². The number of alkyl halides is 2. The SMILES string of the molecule is COCc1ccc(C(=O)N(C)Cc2ccc(OC)c(OC(F)F)c2)o1. The fraction of sp³-hybridized carbons (Fsp3) is 0.353. The number of hydrogen-bond donors (Lipinski definition) is 0. The summed E-state index contributed by atoms with van der Waals surface area (Å²) < 4.78 is 44.7. The molecule has 0 radical (unpaired) electrons. The quantitative estimate of drug-likeness (QED) is 0.727. The van der Waals surface area contributed by atoms with Gasteiger partial charge in [0.25, 0.3) is 5.91 Å². The highest BCUT2D eigenvalue weighted by molar-refractivity contribution is 5.91. The Morgan fingerprint density at radius 2 is 1.96 bits per heavy atom. The van der Waals surface area contributed by atoms with Gasteiger partial charge in [-0.15, -0.1) is 0 Å². The molecular weight excluding hydrogens is 336 g/mol. The van der Waals surface area contributed by atoms with E-state index in [0.29, 0.717) is 11.3 Å². The highest BCUT2D eigenvalue weighted by Crippen LogP contribution is 2.30. The van der Waals surface area contributed by atoms with Gasteiger partial charge in [0, 0.05) is 20.7 Å². The first-order valence-electron chi connectivity index (χ1n) is 7.39. The maximum atomic E-state index is 12.5. The summed E-state index contributed by atoms with van der Waals surface area (Å²) in [6, 6.07) is 7.81. The lowest BCUT2D eigenvalue weighted by molar-refractivity contribution is -0.0512. The lowest BCUT2D eigenvalue weighted by atomic mass is 10.2. The number of rotatable bonds is 8. The number of carbonyl (C=O) groups excluding carboxylic acids is 1. The Morgan fingerprint density at radius 3 is 2.60 bits per heavy atom. The Balaban J connectivity index is 2.10. The normalized spacial score (nSPS) is 10.8. The molecule has 0 aliphatic heterocycles. The zero-order chi connectivity index (χ0) is 18.4. The van der Waals surface area contributed by atoms with Gasteiger partial charge >= 0.3 is 6.61 Å². The average molecular weight is 355 g/mol. The highest BCUT2D eigenvalue weighted by Gasteiger charge is 2.18. The monoisotopic (exact) mass is 355 g/mol. The van der Waals surface area contributed by atoms with Crippen LogP contribution in [0.3, 0.4) is 0 Å². The zero-order valence-electron chi connectivity index (χ0n) is 14.1. The predicted octanol–water partition coefficient (Wildman–Crippen LogP) is 3.31. The van der Waals surface area contributed by atoms with Crippen LogP contribution in [-0.2, 0) is 17.9 Å². The van der Waals surface area contributed by atoms with Crippen LogP contribution in [0.15, 0.2) is 34.7 Å². The van der Waals surface area contributed by atoms with Crippen molar-refractivity contribution in [2.24, 2.45) is 0 Å². The number of furan rings is 1. The topological polar surface area (TPSA) is 61.1 Å². The van der Waals surface area contributed by atoms with Crippen LogP contribution in [0, 0.1) is 0 Å². The van der Waals surface area contributed by atoms with Crippen molar-refractivity contribution in [3.8, 4) is 11.5 Å². The highest BCUT2D eigenvalue weighted by atomic mass is 19.3. The molecule has 1 heterocycles. The summed E-state index contributed by atoms with van der Waals surface area (Å²) in [5, 5.41) is 0. The summed E-state index contributed by atoms with van der Waals surface area (Å²) in [7, 11) is 4.47. The van der Waals surface area contributed by atoms with Crippen molar-refractivity contribution in [3.05, 3.63) is 47.4 Å². The zero-order valence-corrected chi connectivity index (χ0v) is 14.1. The molecule has 0 saturated heterocycles. The Bertz CT molecular complexity index is 717. The maximum Gasteiger partial charge on any atom is 0.387 e. The van der Waals surface area contributed by atoms with Crippen LogP contribution in [0.2, 0.25) is 0 Å². The molecule has 2 rings (SSSR count). The molecule has 0 saturated carbocycles. The molecule has 25 heavy (non-hydrogen) atoms. The van der Waals surface area contributed by atoms with Gasteiger partial charge in [0.05, 0.1) is 7.11 Å². The van der Waals surface area contributed by atoms with E-state index in [2.05, 4.69) is 4.74 Å². The van der Waals surface area contributed by atoms with Crippen LogP contribution in [0.5, 0.6) is 11.5 Å². The summed E-state index contributed by atoms with van der Waals surface area (Å²) in [6.45, 7) is -2.52. The van der Waals surface area contributed by atoms with Gasteiger partial charge in [-0.05, 0) is 29.8 Å². The Hall–Kier alpha value is -2.61. The van der Waals surface area contributed by atoms with Crippen molar-refractivity contribution in [3.63, 3.8) is 0 Å². The molecule has 0 atom stereocenters. The molecule has 0 unspecified atom stereocenters. The van der Waals surface area contributed by atoms with E-state index in [9.17, 15) is 13.6 Å². The molecule has 0 bridgehead atoms. The Labute approximate surface area is 143 Å². The Morgan fingerprint density at radius 1 is 1.20 bits per heavy atom. The lowest BCUT2D eigenvalue weighted by Crippen LogP contribution is -2.25. The van der Waals surface area contributed by atoms with Crippen LogP contribution in [0.4, 0.5) is 8.78 Å². The van der Waals surface area contributed by atoms with E-state index >= 15 is 0 Å². The van der Waals surface area contributed by atoms with Crippen LogP contribution in [0.1, 0.15) is 21.9 Å². The molecule has 6 nitrogen and oxygen atoms in total. The fourth-order valence-electron chi connectivity index (χ4n) is 2.25. The number of methoxy groups -OCH3 is 2. The van der Waals surface area contributed by atoms with Gasteiger partial charge in [0.2, 0.25) is 0 Å². The molecule has 8 heteroatoms. The minimum atomic E-state index is -2.97. The minimum Gasteiger partial charge on any atom is -0.493 e. The number of halogens is 2. The molecule has 1 aromatic carbocycles. The second kappa shape index (κ2) is 8.48.